The topological polar surface area (TPSA) is 80.3 Å². The number of carbonyl (C=O) groups is 2. The molecular weight excluding hydrogens is 673 g/mol. The van der Waals surface area contributed by atoms with Gasteiger partial charge in [0.1, 0.15) is 18.9 Å². The molecule has 288 valence electrons. The van der Waals surface area contributed by atoms with E-state index in [-0.39, 0.29) is 64.6 Å². The third kappa shape index (κ3) is 12.0. The summed E-state index contributed by atoms with van der Waals surface area (Å²) in [6.07, 6.45) is 1.72. The van der Waals surface area contributed by atoms with Crippen molar-refractivity contribution in [3.05, 3.63) is 60.7 Å². The first-order valence-corrected chi connectivity index (χ1v) is 23.6. The van der Waals surface area contributed by atoms with Gasteiger partial charge in [0.2, 0.25) is 0 Å². The summed E-state index contributed by atoms with van der Waals surface area (Å²) < 4.78 is 31.4. The van der Waals surface area contributed by atoms with Crippen LogP contribution >= 0.6 is 0 Å². The lowest BCUT2D eigenvalue weighted by Gasteiger charge is -2.45. The number of benzene rings is 2. The van der Waals surface area contributed by atoms with E-state index >= 15 is 0 Å². The summed E-state index contributed by atoms with van der Waals surface area (Å²) in [4.78, 5) is 25.7. The maximum Gasteiger partial charge on any atom is 0.261 e. The highest BCUT2D eigenvalue weighted by molar-refractivity contribution is 6.99. The van der Waals surface area contributed by atoms with Crippen LogP contribution in [-0.2, 0) is 32.7 Å². The Morgan fingerprint density at radius 2 is 1.31 bits per heavy atom. The number of hydrogen-bond acceptors (Lipinski definition) is 7. The Morgan fingerprint density at radius 3 is 1.75 bits per heavy atom. The molecule has 0 aliphatic carbocycles. The van der Waals surface area contributed by atoms with Gasteiger partial charge in [-0.2, -0.15) is 0 Å². The zero-order valence-corrected chi connectivity index (χ0v) is 36.3. The molecule has 7 nitrogen and oxygen atoms in total. The fraction of sp³-hybridized carbons (Fsp3) is 0.667. The second-order valence-electron chi connectivity index (χ2n) is 17.2. The van der Waals surface area contributed by atoms with Crippen molar-refractivity contribution in [3.63, 3.8) is 0 Å². The summed E-state index contributed by atoms with van der Waals surface area (Å²) in [6.45, 7) is 26.9. The minimum absolute atomic E-state index is 0.0210. The summed E-state index contributed by atoms with van der Waals surface area (Å²) in [6, 6.07) is 21.4. The lowest BCUT2D eigenvalue weighted by Crippen LogP contribution is -2.67. The lowest BCUT2D eigenvalue weighted by molar-refractivity contribution is -0.129. The van der Waals surface area contributed by atoms with Crippen molar-refractivity contribution in [3.8, 4) is 0 Å². The van der Waals surface area contributed by atoms with Crippen molar-refractivity contribution >= 4 is 39.1 Å². The predicted molar refractivity (Wildman–Crippen MR) is 215 cm³/mol. The van der Waals surface area contributed by atoms with Crippen LogP contribution in [0.4, 0.5) is 0 Å². The van der Waals surface area contributed by atoms with Gasteiger partial charge >= 0.3 is 0 Å². The SMILES string of the molecule is COCO[C@@H](C[C@H](OC)[C@@H](C)CCC(=O)[C@H](C)[C@H](O[Si](C)(C)C(C)(C)C)[C@H](C)CO[Si](c1ccccc1)(c1ccccc1)C(C)(C)C)[C@H](C)C=O. The van der Waals surface area contributed by atoms with Crippen LogP contribution in [0.25, 0.3) is 0 Å². The Kier molecular flexibility index (Phi) is 17.6. The van der Waals surface area contributed by atoms with Crippen LogP contribution in [-0.4, -0.2) is 74.6 Å². The zero-order valence-electron chi connectivity index (χ0n) is 34.3. The van der Waals surface area contributed by atoms with Crippen molar-refractivity contribution in [2.24, 2.45) is 23.7 Å². The van der Waals surface area contributed by atoms with E-state index in [1.807, 2.05) is 13.8 Å². The van der Waals surface area contributed by atoms with Crippen LogP contribution in [0, 0.1) is 23.7 Å². The molecular formula is C42H70O7Si2. The van der Waals surface area contributed by atoms with Crippen LogP contribution < -0.4 is 10.4 Å². The second kappa shape index (κ2) is 19.9. The molecule has 2 rings (SSSR count). The van der Waals surface area contributed by atoms with Gasteiger partial charge in [0, 0.05) is 51.4 Å². The average molecular weight is 743 g/mol. The summed E-state index contributed by atoms with van der Waals surface area (Å²) in [7, 11) is -1.79. The molecule has 0 bridgehead atoms. The first-order valence-electron chi connectivity index (χ1n) is 18.8. The van der Waals surface area contributed by atoms with Crippen molar-refractivity contribution in [1.82, 2.24) is 0 Å². The van der Waals surface area contributed by atoms with E-state index < -0.39 is 16.6 Å². The Hall–Kier alpha value is -1.99. The van der Waals surface area contributed by atoms with Gasteiger partial charge in [-0.3, -0.25) is 4.79 Å². The number of ketones is 1. The van der Waals surface area contributed by atoms with Crippen molar-refractivity contribution in [2.75, 3.05) is 27.6 Å². The zero-order chi connectivity index (χ0) is 38.6. The number of carbonyl (C=O) groups excluding carboxylic acids is 2. The van der Waals surface area contributed by atoms with E-state index in [9.17, 15) is 9.59 Å². The van der Waals surface area contributed by atoms with Crippen LogP contribution in [0.2, 0.25) is 23.2 Å². The smallest absolute Gasteiger partial charge is 0.261 e. The first kappa shape index (κ1) is 45.2. The summed E-state index contributed by atoms with van der Waals surface area (Å²) in [5.41, 5.74) is 0. The van der Waals surface area contributed by atoms with Crippen molar-refractivity contribution in [1.29, 1.82) is 0 Å². The average Bonchev–Trinajstić information content (AvgIpc) is 3.08. The monoisotopic (exact) mass is 742 g/mol. The Labute approximate surface area is 312 Å². The summed E-state index contributed by atoms with van der Waals surface area (Å²) in [5.74, 6) is -0.390. The highest BCUT2D eigenvalue weighted by Crippen LogP contribution is 2.41. The maximum absolute atomic E-state index is 14.1. The van der Waals surface area contributed by atoms with E-state index in [2.05, 4.69) is 129 Å². The second-order valence-corrected chi connectivity index (χ2v) is 26.2. The molecule has 0 N–H and O–H groups in total. The maximum atomic E-state index is 14.1. The van der Waals surface area contributed by atoms with Crippen LogP contribution in [0.5, 0.6) is 0 Å². The van der Waals surface area contributed by atoms with Gasteiger partial charge in [0.25, 0.3) is 8.32 Å². The molecule has 0 heterocycles. The molecule has 2 aromatic rings. The summed E-state index contributed by atoms with van der Waals surface area (Å²) in [5, 5.41) is 2.30. The molecule has 0 amide bonds. The molecule has 2 aromatic carbocycles. The standard InChI is InChI=1S/C42H70O7Si2/c1-31(38(46-12)27-39(32(2)28-43)47-30-45-11)25-26-37(44)34(4)40(49-50(13,14)41(5,6)7)33(3)29-48-51(42(8,9)10,35-21-17-15-18-22-35)36-23-19-16-20-24-36/h15-24,28,31-34,38-40H,25-27,29-30H2,1-14H3/t31-,32+,33+,34-,38-,39-,40+/m0/s1. The Balaban J connectivity index is 2.38. The minimum atomic E-state index is -2.78. The van der Waals surface area contributed by atoms with Gasteiger partial charge in [0.05, 0.1) is 18.3 Å². The molecule has 0 aliphatic rings. The number of hydrogen-bond donors (Lipinski definition) is 0. The van der Waals surface area contributed by atoms with Crippen LogP contribution in [0.1, 0.15) is 88.5 Å². The molecule has 9 heteroatoms. The molecule has 0 saturated heterocycles. The van der Waals surface area contributed by atoms with Gasteiger partial charge in [-0.05, 0) is 45.9 Å². The van der Waals surface area contributed by atoms with Gasteiger partial charge in [-0.15, -0.1) is 0 Å². The normalized spacial score (nSPS) is 17.2. The molecule has 0 fully saturated rings. The fourth-order valence-electron chi connectivity index (χ4n) is 6.77. The minimum Gasteiger partial charge on any atom is -0.413 e. The fourth-order valence-corrected chi connectivity index (χ4v) is 12.9. The molecule has 51 heavy (non-hydrogen) atoms. The van der Waals surface area contributed by atoms with Gasteiger partial charge in [-0.1, -0.05) is 130 Å². The highest BCUT2D eigenvalue weighted by Gasteiger charge is 2.51. The largest absolute Gasteiger partial charge is 0.413 e. The van der Waals surface area contributed by atoms with E-state index in [0.29, 0.717) is 25.9 Å². The van der Waals surface area contributed by atoms with Crippen LogP contribution in [0.15, 0.2) is 60.7 Å². The molecule has 7 atom stereocenters. The van der Waals surface area contributed by atoms with E-state index in [1.165, 1.54) is 10.4 Å². The van der Waals surface area contributed by atoms with E-state index in [0.717, 1.165) is 6.29 Å². The van der Waals surface area contributed by atoms with E-state index in [4.69, 9.17) is 23.1 Å². The first-order chi connectivity index (χ1) is 23.8. The highest BCUT2D eigenvalue weighted by atomic mass is 28.4. The summed E-state index contributed by atoms with van der Waals surface area (Å²) >= 11 is 0. The Bertz CT molecular complexity index is 1270. The van der Waals surface area contributed by atoms with E-state index in [1.54, 1.807) is 14.2 Å². The number of methoxy groups -OCH3 is 2. The van der Waals surface area contributed by atoms with Crippen LogP contribution in [0.3, 0.4) is 0 Å². The third-order valence-electron chi connectivity index (χ3n) is 11.2. The van der Waals surface area contributed by atoms with Crippen molar-refractivity contribution in [2.45, 2.75) is 130 Å². The Morgan fingerprint density at radius 1 is 0.784 bits per heavy atom. The number of aldehydes is 1. The quantitative estimate of drug-likeness (QED) is 0.0681. The third-order valence-corrected chi connectivity index (χ3v) is 20.7. The molecule has 0 unspecified atom stereocenters. The van der Waals surface area contributed by atoms with Gasteiger partial charge < -0.3 is 27.9 Å². The predicted octanol–water partition coefficient (Wildman–Crippen LogP) is 8.44. The van der Waals surface area contributed by atoms with Crippen molar-refractivity contribution < 1.29 is 32.7 Å². The van der Waals surface area contributed by atoms with Gasteiger partial charge in [0.15, 0.2) is 8.32 Å². The molecule has 0 saturated carbocycles. The molecule has 0 aliphatic heterocycles. The lowest BCUT2D eigenvalue weighted by atomic mass is 9.86. The number of Topliss-reactive ketones (excluding diaryl/α,β-unsaturated/α-hetero) is 1. The number of rotatable bonds is 22. The molecule has 0 aromatic heterocycles. The molecule has 0 radical (unpaired) electrons. The van der Waals surface area contributed by atoms with Gasteiger partial charge in [-0.25, -0.2) is 0 Å². The number of ether oxygens (including phenoxy) is 3. The molecule has 0 spiro atoms.